The summed E-state index contributed by atoms with van der Waals surface area (Å²) in [5.74, 6) is 0.201. The molecule has 1 aliphatic rings. The second-order valence-corrected chi connectivity index (χ2v) is 6.77. The molecule has 3 aromatic rings. The zero-order valence-corrected chi connectivity index (χ0v) is 14.0. The molecule has 128 valence electrons. The molecule has 1 saturated heterocycles. The molecule has 25 heavy (non-hydrogen) atoms. The van der Waals surface area contributed by atoms with Gasteiger partial charge in [0.25, 0.3) is 5.56 Å². The molecule has 0 unspecified atom stereocenters. The number of benzene rings is 1. The smallest absolute Gasteiger partial charge is 0.260 e. The number of thiophene rings is 1. The van der Waals surface area contributed by atoms with Gasteiger partial charge in [-0.3, -0.25) is 14.5 Å². The molecular weight excluding hydrogens is 343 g/mol. The second-order valence-electron chi connectivity index (χ2n) is 5.91. The van der Waals surface area contributed by atoms with Gasteiger partial charge in [-0.1, -0.05) is 12.1 Å². The highest BCUT2D eigenvalue weighted by atomic mass is 32.1. The Morgan fingerprint density at radius 2 is 2.04 bits per heavy atom. The highest BCUT2D eigenvalue weighted by Crippen LogP contribution is 2.30. The highest BCUT2D eigenvalue weighted by Gasteiger charge is 2.18. The Hall–Kier alpha value is -2.58. The number of H-pyrrole nitrogens is 1. The summed E-state index contributed by atoms with van der Waals surface area (Å²) in [7, 11) is 0. The summed E-state index contributed by atoms with van der Waals surface area (Å²) in [5.41, 5.74) is 1.31. The molecule has 0 aliphatic carbocycles. The van der Waals surface area contributed by atoms with Gasteiger partial charge in [0.05, 0.1) is 18.5 Å². The molecule has 2 aromatic heterocycles. The highest BCUT2D eigenvalue weighted by molar-refractivity contribution is 7.17. The first-order valence-corrected chi connectivity index (χ1v) is 8.73. The van der Waals surface area contributed by atoms with Crippen molar-refractivity contribution in [2.75, 3.05) is 19.6 Å². The molecule has 1 aliphatic heterocycles. The van der Waals surface area contributed by atoms with Crippen molar-refractivity contribution in [1.82, 2.24) is 20.2 Å². The van der Waals surface area contributed by atoms with Crippen molar-refractivity contribution in [2.24, 2.45) is 0 Å². The van der Waals surface area contributed by atoms with Crippen LogP contribution in [0.2, 0.25) is 0 Å². The monoisotopic (exact) mass is 358 g/mol. The van der Waals surface area contributed by atoms with Gasteiger partial charge in [-0.25, -0.2) is 9.37 Å². The molecule has 6 nitrogen and oxygen atoms in total. The Kier molecular flexibility index (Phi) is 4.06. The molecule has 2 N–H and O–H groups in total. The van der Waals surface area contributed by atoms with Crippen molar-refractivity contribution in [1.29, 1.82) is 0 Å². The van der Waals surface area contributed by atoms with Crippen LogP contribution in [0.1, 0.15) is 5.82 Å². The minimum atomic E-state index is -0.317. The van der Waals surface area contributed by atoms with Gasteiger partial charge in [0.1, 0.15) is 16.5 Å². The fourth-order valence-electron chi connectivity index (χ4n) is 2.95. The molecular formula is C17H15FN4O2S. The number of fused-ring (bicyclic) bond motifs is 1. The molecule has 0 saturated carbocycles. The number of amides is 1. The van der Waals surface area contributed by atoms with Crippen molar-refractivity contribution >= 4 is 27.5 Å². The van der Waals surface area contributed by atoms with Crippen LogP contribution in [0.4, 0.5) is 4.39 Å². The third-order valence-electron chi connectivity index (χ3n) is 4.14. The molecule has 1 amide bonds. The van der Waals surface area contributed by atoms with Crippen LogP contribution in [0.25, 0.3) is 21.3 Å². The van der Waals surface area contributed by atoms with Gasteiger partial charge in [0, 0.05) is 24.0 Å². The third-order valence-corrected chi connectivity index (χ3v) is 5.01. The van der Waals surface area contributed by atoms with Gasteiger partial charge in [-0.15, -0.1) is 11.3 Å². The number of halogens is 1. The number of piperazine rings is 1. The summed E-state index contributed by atoms with van der Waals surface area (Å²) in [4.78, 5) is 34.0. The maximum absolute atomic E-state index is 13.1. The number of nitrogens with zero attached hydrogens (tertiary/aromatic N) is 2. The van der Waals surface area contributed by atoms with E-state index in [1.165, 1.54) is 23.5 Å². The van der Waals surface area contributed by atoms with E-state index in [9.17, 15) is 14.0 Å². The average Bonchev–Trinajstić information content (AvgIpc) is 3.00. The summed E-state index contributed by atoms with van der Waals surface area (Å²) in [5, 5.41) is 5.14. The molecule has 0 bridgehead atoms. The zero-order valence-electron chi connectivity index (χ0n) is 13.2. The third kappa shape index (κ3) is 3.18. The van der Waals surface area contributed by atoms with Crippen LogP contribution in [0.15, 0.2) is 34.4 Å². The molecule has 0 radical (unpaired) electrons. The number of aromatic amines is 1. The lowest BCUT2D eigenvalue weighted by molar-refractivity contribution is -0.124. The van der Waals surface area contributed by atoms with Gasteiger partial charge in [-0.05, 0) is 17.7 Å². The summed E-state index contributed by atoms with van der Waals surface area (Å²) in [6, 6.07) is 6.04. The Morgan fingerprint density at radius 1 is 1.24 bits per heavy atom. The van der Waals surface area contributed by atoms with Gasteiger partial charge in [-0.2, -0.15) is 0 Å². The maximum atomic E-state index is 13.1. The molecule has 0 atom stereocenters. The number of aromatic nitrogens is 2. The molecule has 3 heterocycles. The molecule has 8 heteroatoms. The lowest BCUT2D eigenvalue weighted by Gasteiger charge is -2.25. The topological polar surface area (TPSA) is 78.1 Å². The largest absolute Gasteiger partial charge is 0.354 e. The van der Waals surface area contributed by atoms with Crippen LogP contribution in [-0.4, -0.2) is 40.4 Å². The number of carbonyl (C=O) groups is 1. The van der Waals surface area contributed by atoms with E-state index in [0.717, 1.165) is 17.7 Å². The number of nitrogens with one attached hydrogen (secondary N) is 2. The van der Waals surface area contributed by atoms with E-state index in [1.807, 2.05) is 10.3 Å². The van der Waals surface area contributed by atoms with Crippen LogP contribution in [0.5, 0.6) is 0 Å². The Balaban J connectivity index is 1.68. The van der Waals surface area contributed by atoms with Gasteiger partial charge < -0.3 is 10.3 Å². The summed E-state index contributed by atoms with van der Waals surface area (Å²) >= 11 is 1.38. The molecule has 1 fully saturated rings. The second kappa shape index (κ2) is 6.38. The first-order valence-electron chi connectivity index (χ1n) is 7.85. The van der Waals surface area contributed by atoms with Crippen LogP contribution in [-0.2, 0) is 11.3 Å². The average molecular weight is 358 g/mol. The molecule has 0 spiro atoms. The van der Waals surface area contributed by atoms with E-state index >= 15 is 0 Å². The van der Waals surface area contributed by atoms with Crippen molar-refractivity contribution in [3.63, 3.8) is 0 Å². The number of carbonyl (C=O) groups excluding carboxylic acids is 1. The fraction of sp³-hybridized carbons (Fsp3) is 0.235. The SMILES string of the molecule is O=C1CN(Cc2nc3scc(-c4ccc(F)cc4)c3c(=O)[nH]2)CCN1. The quantitative estimate of drug-likeness (QED) is 0.747. The van der Waals surface area contributed by atoms with E-state index < -0.39 is 0 Å². The zero-order chi connectivity index (χ0) is 17.4. The fourth-order valence-corrected chi connectivity index (χ4v) is 3.92. The van der Waals surface area contributed by atoms with Crippen molar-refractivity contribution in [3.05, 3.63) is 51.6 Å². The lowest BCUT2D eigenvalue weighted by atomic mass is 10.1. The summed E-state index contributed by atoms with van der Waals surface area (Å²) < 4.78 is 13.1. The summed E-state index contributed by atoms with van der Waals surface area (Å²) in [6.07, 6.45) is 0. The van der Waals surface area contributed by atoms with Crippen LogP contribution in [0.3, 0.4) is 0 Å². The minimum Gasteiger partial charge on any atom is -0.354 e. The summed E-state index contributed by atoms with van der Waals surface area (Å²) in [6.45, 7) is 2.03. The van der Waals surface area contributed by atoms with E-state index in [0.29, 0.717) is 35.7 Å². The molecule has 1 aromatic carbocycles. The Bertz CT molecular complexity index is 996. The predicted molar refractivity (Wildman–Crippen MR) is 93.9 cm³/mol. The van der Waals surface area contributed by atoms with Crippen molar-refractivity contribution in [3.8, 4) is 11.1 Å². The van der Waals surface area contributed by atoms with Crippen LogP contribution in [0, 0.1) is 5.82 Å². The number of hydrogen-bond acceptors (Lipinski definition) is 5. The van der Waals surface area contributed by atoms with Gasteiger partial charge in [0.2, 0.25) is 5.91 Å². The minimum absolute atomic E-state index is 0.0237. The van der Waals surface area contributed by atoms with E-state index in [-0.39, 0.29) is 17.3 Å². The first-order chi connectivity index (χ1) is 12.1. The Labute approximate surface area is 146 Å². The standard InChI is InChI=1S/C17H15FN4O2S/c18-11-3-1-10(2-4-11)12-9-25-17-15(12)16(24)20-13(21-17)7-22-6-5-19-14(23)8-22/h1-4,9H,5-8H2,(H,19,23)(H,20,21,24). The van der Waals surface area contributed by atoms with Crippen molar-refractivity contribution < 1.29 is 9.18 Å². The van der Waals surface area contributed by atoms with Gasteiger partial charge >= 0.3 is 0 Å². The van der Waals surface area contributed by atoms with E-state index in [1.54, 1.807) is 12.1 Å². The van der Waals surface area contributed by atoms with Crippen LogP contribution < -0.4 is 10.9 Å². The normalized spacial score (nSPS) is 15.5. The van der Waals surface area contributed by atoms with E-state index in [2.05, 4.69) is 15.3 Å². The van der Waals surface area contributed by atoms with Gasteiger partial charge in [0.15, 0.2) is 0 Å². The van der Waals surface area contributed by atoms with Crippen LogP contribution >= 0.6 is 11.3 Å². The first kappa shape index (κ1) is 15.9. The van der Waals surface area contributed by atoms with E-state index in [4.69, 9.17) is 0 Å². The maximum Gasteiger partial charge on any atom is 0.260 e. The number of rotatable bonds is 3. The Morgan fingerprint density at radius 3 is 2.80 bits per heavy atom. The number of hydrogen-bond donors (Lipinski definition) is 2. The molecule has 4 rings (SSSR count). The lowest BCUT2D eigenvalue weighted by Crippen LogP contribution is -2.47. The van der Waals surface area contributed by atoms with Crippen molar-refractivity contribution in [2.45, 2.75) is 6.54 Å². The predicted octanol–water partition coefficient (Wildman–Crippen LogP) is 1.72.